The molecule has 0 aromatic carbocycles. The molecule has 0 saturated carbocycles. The number of hydrogen-bond donors (Lipinski definition) is 0. The van der Waals surface area contributed by atoms with Gasteiger partial charge in [-0.1, -0.05) is 11.6 Å². The van der Waals surface area contributed by atoms with Gasteiger partial charge >= 0.3 is 0 Å². The van der Waals surface area contributed by atoms with Gasteiger partial charge in [-0.05, 0) is 6.92 Å². The normalized spacial score (nSPS) is 11.9. The van der Waals surface area contributed by atoms with Crippen molar-refractivity contribution >= 4 is 17.4 Å². The molecular weight excluding hydrogens is 240 g/mol. The molecule has 0 bridgehead atoms. The van der Waals surface area contributed by atoms with E-state index in [1.807, 2.05) is 18.9 Å². The van der Waals surface area contributed by atoms with Crippen molar-refractivity contribution in [2.75, 3.05) is 25.6 Å². The first-order chi connectivity index (χ1) is 8.06. The van der Waals surface area contributed by atoms with E-state index in [4.69, 9.17) is 21.6 Å². The van der Waals surface area contributed by atoms with E-state index in [1.165, 1.54) is 0 Å². The highest BCUT2D eigenvalue weighted by Crippen LogP contribution is 2.16. The second-order valence-electron chi connectivity index (χ2n) is 3.81. The molecule has 0 aliphatic rings. The number of anilines is 1. The monoisotopic (exact) mass is 254 g/mol. The van der Waals surface area contributed by atoms with Crippen molar-refractivity contribution in [3.05, 3.63) is 17.0 Å². The minimum absolute atomic E-state index is 0.0698. The van der Waals surface area contributed by atoms with Crippen molar-refractivity contribution in [1.29, 1.82) is 5.26 Å². The maximum absolute atomic E-state index is 8.77. The Hall–Kier alpha value is -1.38. The average Bonchev–Trinajstić information content (AvgIpc) is 2.28. The number of methoxy groups -OCH3 is 1. The van der Waals surface area contributed by atoms with Crippen LogP contribution in [-0.2, 0) is 11.3 Å². The van der Waals surface area contributed by atoms with E-state index in [9.17, 15) is 0 Å². The van der Waals surface area contributed by atoms with Gasteiger partial charge in [0, 0.05) is 26.8 Å². The lowest BCUT2D eigenvalue weighted by atomic mass is 10.2. The predicted octanol–water partition coefficient (Wildman–Crippen LogP) is 1.87. The van der Waals surface area contributed by atoms with Crippen LogP contribution >= 0.6 is 11.6 Å². The summed E-state index contributed by atoms with van der Waals surface area (Å²) in [6.45, 7) is 2.76. The maximum Gasteiger partial charge on any atom is 0.158 e. The van der Waals surface area contributed by atoms with E-state index >= 15 is 0 Å². The van der Waals surface area contributed by atoms with Crippen LogP contribution in [0.1, 0.15) is 12.7 Å². The maximum atomic E-state index is 8.77. The zero-order valence-electron chi connectivity index (χ0n) is 10.1. The van der Waals surface area contributed by atoms with E-state index in [1.54, 1.807) is 13.2 Å². The molecule has 0 aliphatic carbocycles. The Labute approximate surface area is 106 Å². The summed E-state index contributed by atoms with van der Waals surface area (Å²) < 4.78 is 4.97. The van der Waals surface area contributed by atoms with Gasteiger partial charge in [0.05, 0.1) is 12.0 Å². The lowest BCUT2D eigenvalue weighted by Crippen LogP contribution is -2.24. The molecule has 0 amide bonds. The number of ether oxygens (including phenoxy) is 1. The van der Waals surface area contributed by atoms with E-state index in [0.717, 1.165) is 0 Å². The minimum atomic E-state index is -0.0698. The molecule has 0 saturated heterocycles. The fourth-order valence-electron chi connectivity index (χ4n) is 1.39. The predicted molar refractivity (Wildman–Crippen MR) is 65.8 cm³/mol. The Morgan fingerprint density at radius 1 is 1.59 bits per heavy atom. The average molecular weight is 255 g/mol. The summed E-state index contributed by atoms with van der Waals surface area (Å²) in [6, 6.07) is 3.85. The molecule has 1 heterocycles. The largest absolute Gasteiger partial charge is 0.377 e. The van der Waals surface area contributed by atoms with Crippen molar-refractivity contribution in [3.8, 4) is 6.07 Å². The zero-order chi connectivity index (χ0) is 12.8. The second kappa shape index (κ2) is 6.38. The molecule has 0 spiro atoms. The van der Waals surface area contributed by atoms with Crippen LogP contribution in [0.5, 0.6) is 0 Å². The summed E-state index contributed by atoms with van der Waals surface area (Å²) in [7, 11) is 3.44. The van der Waals surface area contributed by atoms with Gasteiger partial charge in [0.1, 0.15) is 17.6 Å². The second-order valence-corrected chi connectivity index (χ2v) is 4.20. The third kappa shape index (κ3) is 4.17. The quantitative estimate of drug-likeness (QED) is 0.751. The molecule has 17 heavy (non-hydrogen) atoms. The minimum Gasteiger partial charge on any atom is -0.377 e. The first-order valence-electron chi connectivity index (χ1n) is 5.20. The molecule has 0 N–H and O–H groups in total. The van der Waals surface area contributed by atoms with Gasteiger partial charge < -0.3 is 9.64 Å². The first-order valence-corrected chi connectivity index (χ1v) is 5.57. The summed E-state index contributed by atoms with van der Waals surface area (Å²) in [5.41, 5.74) is 0. The van der Waals surface area contributed by atoms with Gasteiger partial charge in [0.15, 0.2) is 5.82 Å². The number of nitriles is 1. The summed E-state index contributed by atoms with van der Waals surface area (Å²) in [6.07, 6.45) is 0. The summed E-state index contributed by atoms with van der Waals surface area (Å²) in [5.74, 6) is 1.16. The highest BCUT2D eigenvalue weighted by Gasteiger charge is 2.10. The van der Waals surface area contributed by atoms with Crippen LogP contribution in [0.15, 0.2) is 6.07 Å². The Kier molecular flexibility index (Phi) is 5.13. The Balaban J connectivity index is 2.86. The topological polar surface area (TPSA) is 62.0 Å². The standard InChI is InChI=1S/C11H15ClN4O/c1-8(5-13)6-16(2)11-4-9(12)14-10(15-11)7-17-3/h4,8H,6-7H2,1-3H3. The van der Waals surface area contributed by atoms with Crippen molar-refractivity contribution in [3.63, 3.8) is 0 Å². The summed E-state index contributed by atoms with van der Waals surface area (Å²) in [5, 5.41) is 9.14. The molecule has 92 valence electrons. The van der Waals surface area contributed by atoms with E-state index in [-0.39, 0.29) is 5.92 Å². The fourth-order valence-corrected chi connectivity index (χ4v) is 1.58. The first kappa shape index (κ1) is 13.7. The van der Waals surface area contributed by atoms with E-state index in [0.29, 0.717) is 29.9 Å². The zero-order valence-corrected chi connectivity index (χ0v) is 10.9. The molecule has 1 rings (SSSR count). The molecule has 0 aliphatic heterocycles. The molecule has 6 heteroatoms. The number of aromatic nitrogens is 2. The van der Waals surface area contributed by atoms with Crippen LogP contribution in [0, 0.1) is 17.2 Å². The van der Waals surface area contributed by atoms with Gasteiger partial charge in [-0.2, -0.15) is 5.26 Å². The van der Waals surface area contributed by atoms with Crippen LogP contribution in [0.25, 0.3) is 0 Å². The summed E-state index contributed by atoms with van der Waals surface area (Å²) >= 11 is 5.90. The third-order valence-corrected chi connectivity index (χ3v) is 2.35. The molecular formula is C11H15ClN4O. The van der Waals surface area contributed by atoms with Gasteiger partial charge in [-0.25, -0.2) is 9.97 Å². The van der Waals surface area contributed by atoms with Crippen LogP contribution in [-0.4, -0.2) is 30.7 Å². The van der Waals surface area contributed by atoms with Gasteiger partial charge in [0.25, 0.3) is 0 Å². The van der Waals surface area contributed by atoms with E-state index < -0.39 is 0 Å². The molecule has 1 atom stereocenters. The van der Waals surface area contributed by atoms with Crippen LogP contribution in [0.3, 0.4) is 0 Å². The molecule has 1 aromatic heterocycles. The van der Waals surface area contributed by atoms with Gasteiger partial charge in [-0.3, -0.25) is 0 Å². The number of hydrogen-bond acceptors (Lipinski definition) is 5. The van der Waals surface area contributed by atoms with E-state index in [2.05, 4.69) is 16.0 Å². The smallest absolute Gasteiger partial charge is 0.158 e. The van der Waals surface area contributed by atoms with Crippen molar-refractivity contribution in [2.24, 2.45) is 5.92 Å². The third-order valence-electron chi connectivity index (χ3n) is 2.16. The molecule has 1 aromatic rings. The highest BCUT2D eigenvalue weighted by atomic mass is 35.5. The van der Waals surface area contributed by atoms with Crippen molar-refractivity contribution in [1.82, 2.24) is 9.97 Å². The Bertz CT molecular complexity index is 418. The van der Waals surface area contributed by atoms with Crippen molar-refractivity contribution < 1.29 is 4.74 Å². The van der Waals surface area contributed by atoms with Gasteiger partial charge in [0.2, 0.25) is 0 Å². The number of nitrogens with zero attached hydrogens (tertiary/aromatic N) is 4. The number of halogens is 1. The number of rotatable bonds is 5. The highest BCUT2D eigenvalue weighted by molar-refractivity contribution is 6.29. The molecule has 5 nitrogen and oxygen atoms in total. The summed E-state index contributed by atoms with van der Waals surface area (Å²) in [4.78, 5) is 10.2. The lowest BCUT2D eigenvalue weighted by Gasteiger charge is -2.19. The van der Waals surface area contributed by atoms with Crippen LogP contribution < -0.4 is 4.90 Å². The molecule has 1 unspecified atom stereocenters. The Morgan fingerprint density at radius 3 is 2.88 bits per heavy atom. The lowest BCUT2D eigenvalue weighted by molar-refractivity contribution is 0.178. The van der Waals surface area contributed by atoms with Crippen LogP contribution in [0.4, 0.5) is 5.82 Å². The fraction of sp³-hybridized carbons (Fsp3) is 0.545. The van der Waals surface area contributed by atoms with Crippen LogP contribution in [0.2, 0.25) is 5.15 Å². The SMILES string of the molecule is COCc1nc(Cl)cc(N(C)CC(C)C#N)n1. The van der Waals surface area contributed by atoms with Gasteiger partial charge in [-0.15, -0.1) is 0 Å². The molecule has 0 radical (unpaired) electrons. The van der Waals surface area contributed by atoms with Crippen molar-refractivity contribution in [2.45, 2.75) is 13.5 Å². The molecule has 0 fully saturated rings. The Morgan fingerprint density at radius 2 is 2.29 bits per heavy atom.